The summed E-state index contributed by atoms with van der Waals surface area (Å²) >= 11 is 3.33. The average Bonchev–Trinajstić information content (AvgIpc) is 2.10. The zero-order valence-electron chi connectivity index (χ0n) is 8.15. The van der Waals surface area contributed by atoms with Crippen molar-refractivity contribution in [3.8, 4) is 0 Å². The molecule has 0 aliphatic rings. The fourth-order valence-electron chi connectivity index (χ4n) is 1.14. The first-order valence-electron chi connectivity index (χ1n) is 5.05. The number of unbranched alkanes of at least 4 members (excludes halogenated alkanes) is 5. The van der Waals surface area contributed by atoms with Gasteiger partial charge in [-0.3, -0.25) is 0 Å². The summed E-state index contributed by atoms with van der Waals surface area (Å²) in [4.78, 5) is 0. The highest BCUT2D eigenvalue weighted by molar-refractivity contribution is 9.09. The minimum Gasteiger partial charge on any atom is -0.381 e. The van der Waals surface area contributed by atoms with Crippen molar-refractivity contribution in [3.05, 3.63) is 0 Å². The molecule has 0 atom stereocenters. The van der Waals surface area contributed by atoms with Crippen LogP contribution in [0.25, 0.3) is 0 Å². The van der Waals surface area contributed by atoms with Gasteiger partial charge in [0.15, 0.2) is 0 Å². The standard InChI is InChI=1S/C10H21BrO/c1-2-3-4-5-6-7-9-12-10-8-11/h2-10H2,1H3. The van der Waals surface area contributed by atoms with Crippen molar-refractivity contribution >= 4 is 15.9 Å². The van der Waals surface area contributed by atoms with Gasteiger partial charge in [-0.1, -0.05) is 55.0 Å². The Labute approximate surface area is 85.0 Å². The summed E-state index contributed by atoms with van der Waals surface area (Å²) < 4.78 is 5.34. The summed E-state index contributed by atoms with van der Waals surface area (Å²) in [6.45, 7) is 4.05. The molecule has 1 nitrogen and oxygen atoms in total. The summed E-state index contributed by atoms with van der Waals surface area (Å²) in [5.74, 6) is 0. The van der Waals surface area contributed by atoms with Crippen LogP contribution >= 0.6 is 15.9 Å². The van der Waals surface area contributed by atoms with Crippen molar-refractivity contribution in [2.24, 2.45) is 0 Å². The van der Waals surface area contributed by atoms with Crippen LogP contribution in [0, 0.1) is 0 Å². The molecule has 0 amide bonds. The lowest BCUT2D eigenvalue weighted by atomic mass is 10.1. The Morgan fingerprint density at radius 3 is 2.25 bits per heavy atom. The van der Waals surface area contributed by atoms with E-state index in [0.29, 0.717) is 0 Å². The summed E-state index contributed by atoms with van der Waals surface area (Å²) in [6.07, 6.45) is 8.07. The molecule has 12 heavy (non-hydrogen) atoms. The first kappa shape index (κ1) is 12.4. The minimum absolute atomic E-state index is 0.856. The van der Waals surface area contributed by atoms with Crippen molar-refractivity contribution in [2.45, 2.75) is 45.4 Å². The Morgan fingerprint density at radius 2 is 1.58 bits per heavy atom. The van der Waals surface area contributed by atoms with Gasteiger partial charge >= 0.3 is 0 Å². The summed E-state index contributed by atoms with van der Waals surface area (Å²) in [5.41, 5.74) is 0. The van der Waals surface area contributed by atoms with Gasteiger partial charge in [0, 0.05) is 11.9 Å². The van der Waals surface area contributed by atoms with E-state index in [1.54, 1.807) is 0 Å². The second-order valence-corrected chi connectivity index (χ2v) is 3.86. The third-order valence-corrected chi connectivity index (χ3v) is 2.19. The van der Waals surface area contributed by atoms with Gasteiger partial charge in [0.25, 0.3) is 0 Å². The largest absolute Gasteiger partial charge is 0.381 e. The minimum atomic E-state index is 0.856. The molecular weight excluding hydrogens is 216 g/mol. The Morgan fingerprint density at radius 1 is 0.917 bits per heavy atom. The third kappa shape index (κ3) is 10.4. The molecule has 0 aromatic rings. The lowest BCUT2D eigenvalue weighted by Gasteiger charge is -2.01. The molecule has 0 aliphatic heterocycles. The second-order valence-electron chi connectivity index (χ2n) is 3.07. The molecule has 0 aromatic carbocycles. The topological polar surface area (TPSA) is 9.23 Å². The van der Waals surface area contributed by atoms with Crippen LogP contribution in [0.15, 0.2) is 0 Å². The van der Waals surface area contributed by atoms with Gasteiger partial charge in [-0.15, -0.1) is 0 Å². The predicted molar refractivity (Wildman–Crippen MR) is 58.0 cm³/mol. The fourth-order valence-corrected chi connectivity index (χ4v) is 1.37. The SMILES string of the molecule is CCCCCCCCOCCBr. The maximum absolute atomic E-state index is 5.34. The molecule has 0 spiro atoms. The highest BCUT2D eigenvalue weighted by atomic mass is 79.9. The van der Waals surface area contributed by atoms with E-state index in [-0.39, 0.29) is 0 Å². The molecule has 0 saturated carbocycles. The molecule has 74 valence electrons. The molecule has 0 rings (SSSR count). The van der Waals surface area contributed by atoms with Crippen LogP contribution in [0.5, 0.6) is 0 Å². The van der Waals surface area contributed by atoms with Crippen molar-refractivity contribution < 1.29 is 4.74 Å². The first-order chi connectivity index (χ1) is 5.91. The van der Waals surface area contributed by atoms with Crippen molar-refractivity contribution in [1.82, 2.24) is 0 Å². The van der Waals surface area contributed by atoms with Crippen LogP contribution in [0.2, 0.25) is 0 Å². The molecule has 0 aliphatic carbocycles. The van der Waals surface area contributed by atoms with Crippen molar-refractivity contribution in [2.75, 3.05) is 18.5 Å². The van der Waals surface area contributed by atoms with E-state index >= 15 is 0 Å². The van der Waals surface area contributed by atoms with E-state index in [1.165, 1.54) is 38.5 Å². The Kier molecular flexibility index (Phi) is 11.9. The van der Waals surface area contributed by atoms with Crippen molar-refractivity contribution in [3.63, 3.8) is 0 Å². The number of rotatable bonds is 9. The van der Waals surface area contributed by atoms with Gasteiger partial charge < -0.3 is 4.74 Å². The Bertz CT molecular complexity index is 66.2. The van der Waals surface area contributed by atoms with Crippen LogP contribution in [0.1, 0.15) is 45.4 Å². The van der Waals surface area contributed by atoms with Crippen LogP contribution < -0.4 is 0 Å². The number of hydrogen-bond acceptors (Lipinski definition) is 1. The van der Waals surface area contributed by atoms with Crippen LogP contribution in [-0.2, 0) is 4.74 Å². The maximum atomic E-state index is 5.34. The molecule has 0 unspecified atom stereocenters. The molecule has 0 fully saturated rings. The molecular formula is C10H21BrO. The Balaban J connectivity index is 2.73. The van der Waals surface area contributed by atoms with Gasteiger partial charge in [-0.25, -0.2) is 0 Å². The highest BCUT2D eigenvalue weighted by Gasteiger charge is 1.89. The third-order valence-electron chi connectivity index (χ3n) is 1.86. The number of ether oxygens (including phenoxy) is 1. The number of halogens is 1. The van der Waals surface area contributed by atoms with Gasteiger partial charge in [0.05, 0.1) is 6.61 Å². The normalized spacial score (nSPS) is 10.5. The van der Waals surface area contributed by atoms with Gasteiger partial charge in [0.2, 0.25) is 0 Å². The van der Waals surface area contributed by atoms with Gasteiger partial charge in [-0.05, 0) is 6.42 Å². The van der Waals surface area contributed by atoms with E-state index in [0.717, 1.165) is 18.5 Å². The predicted octanol–water partition coefficient (Wildman–Crippen LogP) is 3.76. The highest BCUT2D eigenvalue weighted by Crippen LogP contribution is 2.04. The lowest BCUT2D eigenvalue weighted by molar-refractivity contribution is 0.146. The number of alkyl halides is 1. The van der Waals surface area contributed by atoms with E-state index in [9.17, 15) is 0 Å². The van der Waals surface area contributed by atoms with E-state index in [1.807, 2.05) is 0 Å². The molecule has 0 aromatic heterocycles. The van der Waals surface area contributed by atoms with E-state index in [2.05, 4.69) is 22.9 Å². The molecule has 2 heteroatoms. The van der Waals surface area contributed by atoms with Gasteiger partial charge in [0.1, 0.15) is 0 Å². The monoisotopic (exact) mass is 236 g/mol. The fraction of sp³-hybridized carbons (Fsp3) is 1.00. The quantitative estimate of drug-likeness (QED) is 0.438. The average molecular weight is 237 g/mol. The van der Waals surface area contributed by atoms with E-state index in [4.69, 9.17) is 4.74 Å². The first-order valence-corrected chi connectivity index (χ1v) is 6.17. The molecule has 0 N–H and O–H groups in total. The lowest BCUT2D eigenvalue weighted by Crippen LogP contribution is -1.97. The Hall–Kier alpha value is 0.440. The van der Waals surface area contributed by atoms with Crippen LogP contribution in [0.4, 0.5) is 0 Å². The zero-order valence-corrected chi connectivity index (χ0v) is 9.74. The van der Waals surface area contributed by atoms with Crippen molar-refractivity contribution in [1.29, 1.82) is 0 Å². The summed E-state index contributed by atoms with van der Waals surface area (Å²) in [6, 6.07) is 0. The van der Waals surface area contributed by atoms with Crippen LogP contribution in [0.3, 0.4) is 0 Å². The summed E-state index contributed by atoms with van der Waals surface area (Å²) in [5, 5.41) is 0.961. The zero-order chi connectivity index (χ0) is 9.07. The summed E-state index contributed by atoms with van der Waals surface area (Å²) in [7, 11) is 0. The maximum Gasteiger partial charge on any atom is 0.0563 e. The van der Waals surface area contributed by atoms with E-state index < -0.39 is 0 Å². The van der Waals surface area contributed by atoms with Gasteiger partial charge in [-0.2, -0.15) is 0 Å². The van der Waals surface area contributed by atoms with Crippen LogP contribution in [-0.4, -0.2) is 18.5 Å². The smallest absolute Gasteiger partial charge is 0.0563 e. The molecule has 0 bridgehead atoms. The second kappa shape index (κ2) is 11.4. The number of hydrogen-bond donors (Lipinski definition) is 0. The molecule has 0 radical (unpaired) electrons. The molecule has 0 heterocycles. The molecule has 0 saturated heterocycles.